The van der Waals surface area contributed by atoms with E-state index in [1.807, 2.05) is 42.5 Å². The lowest BCUT2D eigenvalue weighted by Gasteiger charge is -2.18. The fourth-order valence-electron chi connectivity index (χ4n) is 2.58. The van der Waals surface area contributed by atoms with Gasteiger partial charge >= 0.3 is 0 Å². The van der Waals surface area contributed by atoms with Crippen molar-refractivity contribution in [2.45, 2.75) is 19.4 Å². The minimum Gasteiger partial charge on any atom is -0.497 e. The molecule has 0 aromatic heterocycles. The highest BCUT2D eigenvalue weighted by Gasteiger charge is 2.11. The van der Waals surface area contributed by atoms with E-state index in [9.17, 15) is 0 Å². The van der Waals surface area contributed by atoms with E-state index in [2.05, 4.69) is 28.6 Å². The number of nitrogens with zero attached hydrogens (tertiary/aromatic N) is 1. The van der Waals surface area contributed by atoms with Gasteiger partial charge in [-0.25, -0.2) is 0 Å². The molecule has 0 fully saturated rings. The number of guanidine groups is 1. The normalized spacial score (nSPS) is 11.9. The van der Waals surface area contributed by atoms with Gasteiger partial charge in [-0.3, -0.25) is 4.99 Å². The summed E-state index contributed by atoms with van der Waals surface area (Å²) in [6.45, 7) is 3.64. The zero-order chi connectivity index (χ0) is 18.1. The van der Waals surface area contributed by atoms with Gasteiger partial charge in [-0.15, -0.1) is 24.0 Å². The first kappa shape index (κ1) is 22.1. The minimum atomic E-state index is 0. The molecule has 2 N–H and O–H groups in total. The van der Waals surface area contributed by atoms with Gasteiger partial charge in [0.2, 0.25) is 0 Å². The Balaban J connectivity index is 0.00000338. The van der Waals surface area contributed by atoms with Crippen molar-refractivity contribution >= 4 is 29.9 Å². The van der Waals surface area contributed by atoms with E-state index in [1.165, 1.54) is 11.1 Å². The maximum atomic E-state index is 5.44. The summed E-state index contributed by atoms with van der Waals surface area (Å²) in [5, 5.41) is 6.70. The van der Waals surface area contributed by atoms with E-state index >= 15 is 0 Å². The Morgan fingerprint density at radius 1 is 1.00 bits per heavy atom. The topological polar surface area (TPSA) is 54.9 Å². The van der Waals surface area contributed by atoms with Gasteiger partial charge in [0, 0.05) is 26.1 Å². The van der Waals surface area contributed by atoms with Gasteiger partial charge in [0.1, 0.15) is 11.5 Å². The minimum absolute atomic E-state index is 0. The van der Waals surface area contributed by atoms with Crippen LogP contribution in [0, 0.1) is 0 Å². The van der Waals surface area contributed by atoms with Gasteiger partial charge in [-0.1, -0.05) is 37.3 Å². The first-order valence-corrected chi connectivity index (χ1v) is 8.38. The number of ether oxygens (including phenoxy) is 2. The highest BCUT2D eigenvalue weighted by atomic mass is 127. The molecule has 0 aliphatic heterocycles. The summed E-state index contributed by atoms with van der Waals surface area (Å²) in [6, 6.07) is 16.1. The second kappa shape index (κ2) is 11.6. The number of halogens is 1. The van der Waals surface area contributed by atoms with Crippen LogP contribution in [0.1, 0.15) is 24.0 Å². The second-order valence-corrected chi connectivity index (χ2v) is 5.80. The van der Waals surface area contributed by atoms with Crippen molar-refractivity contribution in [2.24, 2.45) is 4.99 Å². The molecule has 0 spiro atoms. The number of rotatable bonds is 7. The van der Waals surface area contributed by atoms with Crippen LogP contribution in [0.5, 0.6) is 11.5 Å². The van der Waals surface area contributed by atoms with Crippen LogP contribution < -0.4 is 20.1 Å². The Hall–Kier alpha value is -1.96. The Morgan fingerprint density at radius 3 is 2.31 bits per heavy atom. The Morgan fingerprint density at radius 2 is 1.69 bits per heavy atom. The molecular formula is C20H28IN3O2. The fourth-order valence-corrected chi connectivity index (χ4v) is 2.58. The van der Waals surface area contributed by atoms with E-state index in [0.29, 0.717) is 12.5 Å². The molecule has 1 atom stereocenters. The maximum Gasteiger partial charge on any atom is 0.191 e. The predicted octanol–water partition coefficient (Wildman–Crippen LogP) is 3.79. The lowest BCUT2D eigenvalue weighted by atomic mass is 10.0. The number of hydrogen-bond acceptors (Lipinski definition) is 3. The third-order valence-electron chi connectivity index (χ3n) is 4.09. The monoisotopic (exact) mass is 469 g/mol. The van der Waals surface area contributed by atoms with Crippen LogP contribution >= 0.6 is 24.0 Å². The number of benzene rings is 2. The van der Waals surface area contributed by atoms with Crippen molar-refractivity contribution in [3.8, 4) is 11.5 Å². The van der Waals surface area contributed by atoms with Crippen LogP contribution in [0.15, 0.2) is 53.5 Å². The number of para-hydroxylation sites is 1. The van der Waals surface area contributed by atoms with E-state index in [-0.39, 0.29) is 24.0 Å². The summed E-state index contributed by atoms with van der Waals surface area (Å²) in [6.07, 6.45) is 0. The van der Waals surface area contributed by atoms with Crippen molar-refractivity contribution in [3.05, 3.63) is 59.7 Å². The predicted molar refractivity (Wildman–Crippen MR) is 118 cm³/mol. The third-order valence-corrected chi connectivity index (χ3v) is 4.09. The SMILES string of the molecule is CN=C(NCc1ccc(OC)cc1)NCC(C)c1ccccc1OC.I. The molecule has 0 aliphatic carbocycles. The average Bonchev–Trinajstić information content (AvgIpc) is 2.68. The summed E-state index contributed by atoms with van der Waals surface area (Å²) in [5.41, 5.74) is 2.35. The molecule has 0 aliphatic rings. The van der Waals surface area contributed by atoms with Crippen molar-refractivity contribution in [3.63, 3.8) is 0 Å². The third kappa shape index (κ3) is 6.40. The van der Waals surface area contributed by atoms with Crippen LogP contribution in [0.2, 0.25) is 0 Å². The summed E-state index contributed by atoms with van der Waals surface area (Å²) in [7, 11) is 5.15. The van der Waals surface area contributed by atoms with Gasteiger partial charge < -0.3 is 20.1 Å². The molecule has 2 aromatic carbocycles. The Bertz CT molecular complexity index is 690. The van der Waals surface area contributed by atoms with E-state index in [4.69, 9.17) is 9.47 Å². The first-order valence-electron chi connectivity index (χ1n) is 8.38. The molecule has 0 radical (unpaired) electrons. The standard InChI is InChI=1S/C20H27N3O2.HI/c1-15(18-7-5-6-8-19(18)25-4)13-22-20(21-2)23-14-16-9-11-17(24-3)12-10-16;/h5-12,15H,13-14H2,1-4H3,(H2,21,22,23);1H. The molecule has 142 valence electrons. The number of hydrogen-bond donors (Lipinski definition) is 2. The second-order valence-electron chi connectivity index (χ2n) is 5.80. The maximum absolute atomic E-state index is 5.44. The van der Waals surface area contributed by atoms with E-state index in [0.717, 1.165) is 24.0 Å². The number of methoxy groups -OCH3 is 2. The Labute approximate surface area is 173 Å². The van der Waals surface area contributed by atoms with Crippen LogP contribution in [0.3, 0.4) is 0 Å². The van der Waals surface area contributed by atoms with Gasteiger partial charge in [0.15, 0.2) is 5.96 Å². The molecular weight excluding hydrogens is 441 g/mol. The van der Waals surface area contributed by atoms with Gasteiger partial charge in [0.25, 0.3) is 0 Å². The quantitative estimate of drug-likeness (QED) is 0.368. The van der Waals surface area contributed by atoms with Crippen LogP contribution in [0.4, 0.5) is 0 Å². The molecule has 26 heavy (non-hydrogen) atoms. The Kier molecular flexibility index (Phi) is 9.87. The van der Waals surface area contributed by atoms with Crippen molar-refractivity contribution in [1.82, 2.24) is 10.6 Å². The van der Waals surface area contributed by atoms with Crippen LogP contribution in [-0.2, 0) is 6.54 Å². The molecule has 2 rings (SSSR count). The van der Waals surface area contributed by atoms with Crippen molar-refractivity contribution < 1.29 is 9.47 Å². The molecule has 0 saturated heterocycles. The largest absolute Gasteiger partial charge is 0.497 e. The van der Waals surface area contributed by atoms with Gasteiger partial charge in [-0.05, 0) is 29.3 Å². The summed E-state index contributed by atoms with van der Waals surface area (Å²) >= 11 is 0. The van der Waals surface area contributed by atoms with Gasteiger partial charge in [-0.2, -0.15) is 0 Å². The smallest absolute Gasteiger partial charge is 0.191 e. The molecule has 0 saturated carbocycles. The molecule has 6 heteroatoms. The van der Waals surface area contributed by atoms with E-state index in [1.54, 1.807) is 21.3 Å². The van der Waals surface area contributed by atoms with E-state index < -0.39 is 0 Å². The van der Waals surface area contributed by atoms with Crippen molar-refractivity contribution in [2.75, 3.05) is 27.8 Å². The molecule has 5 nitrogen and oxygen atoms in total. The zero-order valence-corrected chi connectivity index (χ0v) is 18.1. The van der Waals surface area contributed by atoms with Gasteiger partial charge in [0.05, 0.1) is 14.2 Å². The molecule has 0 heterocycles. The highest BCUT2D eigenvalue weighted by molar-refractivity contribution is 14.0. The molecule has 0 amide bonds. The summed E-state index contributed by atoms with van der Waals surface area (Å²) in [5.74, 6) is 2.85. The number of aliphatic imine (C=N–C) groups is 1. The lowest BCUT2D eigenvalue weighted by molar-refractivity contribution is 0.406. The fraction of sp³-hybridized carbons (Fsp3) is 0.350. The average molecular weight is 469 g/mol. The van der Waals surface area contributed by atoms with Crippen molar-refractivity contribution in [1.29, 1.82) is 0 Å². The summed E-state index contributed by atoms with van der Waals surface area (Å²) < 4.78 is 10.6. The first-order chi connectivity index (χ1) is 12.2. The number of nitrogens with one attached hydrogen (secondary N) is 2. The zero-order valence-electron chi connectivity index (χ0n) is 15.8. The van der Waals surface area contributed by atoms with Crippen LogP contribution in [0.25, 0.3) is 0 Å². The summed E-state index contributed by atoms with van der Waals surface area (Å²) in [4.78, 5) is 4.28. The molecule has 1 unspecified atom stereocenters. The van der Waals surface area contributed by atoms with Crippen LogP contribution in [-0.4, -0.2) is 33.8 Å². The lowest BCUT2D eigenvalue weighted by Crippen LogP contribution is -2.38. The molecule has 2 aromatic rings. The molecule has 0 bridgehead atoms. The highest BCUT2D eigenvalue weighted by Crippen LogP contribution is 2.25.